The van der Waals surface area contributed by atoms with Crippen molar-refractivity contribution in [2.45, 2.75) is 24.7 Å². The highest BCUT2D eigenvalue weighted by molar-refractivity contribution is 7.89. The van der Waals surface area contributed by atoms with Crippen molar-refractivity contribution in [2.75, 3.05) is 0 Å². The van der Waals surface area contributed by atoms with E-state index in [1.165, 1.54) is 35.6 Å². The number of nitrogens with zero attached hydrogens (tertiary/aromatic N) is 1. The van der Waals surface area contributed by atoms with Crippen LogP contribution in [0.1, 0.15) is 10.6 Å². The molecule has 1 heterocycles. The topological polar surface area (TPSA) is 68.3 Å². The zero-order chi connectivity index (χ0) is 18.9. The van der Waals surface area contributed by atoms with Crippen molar-refractivity contribution in [3.8, 4) is 5.75 Å². The molecule has 138 valence electrons. The molecule has 0 unspecified atom stereocenters. The lowest BCUT2D eigenvalue weighted by atomic mass is 10.2. The molecule has 0 radical (unpaired) electrons. The van der Waals surface area contributed by atoms with Crippen molar-refractivity contribution in [1.82, 2.24) is 9.71 Å². The monoisotopic (exact) mass is 402 g/mol. The number of hydrogen-bond acceptors (Lipinski definition) is 5. The molecule has 0 aliphatic carbocycles. The number of ether oxygens (including phenoxy) is 1. The lowest BCUT2D eigenvalue weighted by Crippen LogP contribution is -2.23. The molecule has 0 saturated carbocycles. The summed E-state index contributed by atoms with van der Waals surface area (Å²) in [6, 6.07) is 9.64. The fourth-order valence-electron chi connectivity index (χ4n) is 2.26. The number of fused-ring (bicyclic) bond motifs is 1. The van der Waals surface area contributed by atoms with E-state index in [2.05, 4.69) is 14.4 Å². The summed E-state index contributed by atoms with van der Waals surface area (Å²) in [7, 11) is -3.78. The van der Waals surface area contributed by atoms with Crippen LogP contribution in [0.2, 0.25) is 0 Å². The number of benzene rings is 2. The van der Waals surface area contributed by atoms with Crippen LogP contribution in [0.5, 0.6) is 5.75 Å². The Morgan fingerprint density at radius 3 is 2.50 bits per heavy atom. The quantitative estimate of drug-likeness (QED) is 0.701. The Morgan fingerprint density at radius 1 is 1.15 bits per heavy atom. The highest BCUT2D eigenvalue weighted by atomic mass is 32.2. The van der Waals surface area contributed by atoms with Gasteiger partial charge in [0.2, 0.25) is 10.0 Å². The van der Waals surface area contributed by atoms with Crippen molar-refractivity contribution in [3.63, 3.8) is 0 Å². The molecule has 0 spiro atoms. The van der Waals surface area contributed by atoms with Crippen LogP contribution >= 0.6 is 11.3 Å². The van der Waals surface area contributed by atoms with Crippen LogP contribution in [0.15, 0.2) is 47.4 Å². The second kappa shape index (κ2) is 6.86. The second-order valence-electron chi connectivity index (χ2n) is 5.38. The molecule has 0 fully saturated rings. The summed E-state index contributed by atoms with van der Waals surface area (Å²) in [6.45, 7) is 1.77. The van der Waals surface area contributed by atoms with Gasteiger partial charge in [0.05, 0.1) is 20.1 Å². The van der Waals surface area contributed by atoms with Gasteiger partial charge in [-0.1, -0.05) is 12.1 Å². The number of aryl methyl sites for hydroxylation is 1. The molecule has 0 atom stereocenters. The van der Waals surface area contributed by atoms with E-state index < -0.39 is 16.4 Å². The molecule has 1 aromatic heterocycles. The Labute approximate surface area is 151 Å². The Kier molecular flexibility index (Phi) is 4.91. The average molecular weight is 402 g/mol. The molecule has 3 aromatic rings. The third-order valence-corrected chi connectivity index (χ3v) is 5.75. The summed E-state index contributed by atoms with van der Waals surface area (Å²) in [5.74, 6) is -0.367. The minimum absolute atomic E-state index is 0.0667. The van der Waals surface area contributed by atoms with Crippen molar-refractivity contribution in [2.24, 2.45) is 0 Å². The van der Waals surface area contributed by atoms with Gasteiger partial charge >= 0.3 is 6.36 Å². The third kappa shape index (κ3) is 4.51. The van der Waals surface area contributed by atoms with E-state index in [4.69, 9.17) is 0 Å². The third-order valence-electron chi connectivity index (χ3n) is 3.40. The van der Waals surface area contributed by atoms with Gasteiger partial charge in [0, 0.05) is 6.54 Å². The van der Waals surface area contributed by atoms with E-state index in [1.807, 2.05) is 6.92 Å². The van der Waals surface area contributed by atoms with Crippen molar-refractivity contribution in [3.05, 3.63) is 53.0 Å². The van der Waals surface area contributed by atoms with Gasteiger partial charge in [0.25, 0.3) is 0 Å². The molecule has 1 N–H and O–H groups in total. The largest absolute Gasteiger partial charge is 0.573 e. The maximum atomic E-state index is 12.4. The van der Waals surface area contributed by atoms with Crippen LogP contribution in [0.4, 0.5) is 13.2 Å². The number of halogens is 3. The van der Waals surface area contributed by atoms with Gasteiger partial charge in [-0.05, 0) is 42.8 Å². The maximum Gasteiger partial charge on any atom is 0.573 e. The molecule has 3 rings (SSSR count). The molecule has 5 nitrogen and oxygen atoms in total. The Morgan fingerprint density at radius 2 is 1.85 bits per heavy atom. The normalized spacial score (nSPS) is 12.5. The fourth-order valence-corrected chi connectivity index (χ4v) is 4.11. The highest BCUT2D eigenvalue weighted by Gasteiger charge is 2.30. The maximum absolute atomic E-state index is 12.4. The number of aromatic nitrogens is 1. The summed E-state index contributed by atoms with van der Waals surface area (Å²) in [5.41, 5.74) is 1.10. The zero-order valence-electron chi connectivity index (χ0n) is 13.4. The van der Waals surface area contributed by atoms with Gasteiger partial charge < -0.3 is 4.74 Å². The van der Waals surface area contributed by atoms with E-state index in [-0.39, 0.29) is 17.2 Å². The van der Waals surface area contributed by atoms with Crippen LogP contribution in [0.25, 0.3) is 10.2 Å². The van der Waals surface area contributed by atoms with Crippen LogP contribution < -0.4 is 9.46 Å². The standard InChI is InChI=1S/C16H13F3N2O3S2/c1-10-21-14-8-13(6-7-15(14)25-10)26(22,23)20-9-11-2-4-12(5-3-11)24-16(17,18)19/h2-8,20H,9H2,1H3. The molecule has 0 aliphatic rings. The van der Waals surface area contributed by atoms with Gasteiger partial charge in [-0.2, -0.15) is 0 Å². The number of thiazole rings is 1. The average Bonchev–Trinajstić information content (AvgIpc) is 2.92. The number of nitrogens with one attached hydrogen (secondary N) is 1. The van der Waals surface area contributed by atoms with Gasteiger partial charge in [0.15, 0.2) is 0 Å². The molecule has 0 amide bonds. The number of sulfonamides is 1. The number of alkyl halides is 3. The van der Waals surface area contributed by atoms with Crippen LogP contribution in [-0.4, -0.2) is 19.8 Å². The van der Waals surface area contributed by atoms with Crippen LogP contribution in [0.3, 0.4) is 0 Å². The molecular weight excluding hydrogens is 389 g/mol. The lowest BCUT2D eigenvalue weighted by molar-refractivity contribution is -0.274. The van der Waals surface area contributed by atoms with E-state index >= 15 is 0 Å². The van der Waals surface area contributed by atoms with Crippen LogP contribution in [0, 0.1) is 6.92 Å². The first-order valence-corrected chi connectivity index (χ1v) is 9.64. The summed E-state index contributed by atoms with van der Waals surface area (Å²) in [5, 5.41) is 0.837. The molecule has 0 aliphatic heterocycles. The van der Waals surface area contributed by atoms with E-state index in [0.29, 0.717) is 11.1 Å². The first kappa shape index (κ1) is 18.6. The van der Waals surface area contributed by atoms with E-state index in [1.54, 1.807) is 6.07 Å². The Hall–Kier alpha value is -2.17. The molecule has 10 heteroatoms. The SMILES string of the molecule is Cc1nc2cc(S(=O)(=O)NCc3ccc(OC(F)(F)F)cc3)ccc2s1. The molecule has 26 heavy (non-hydrogen) atoms. The van der Waals surface area contributed by atoms with Gasteiger partial charge in [0.1, 0.15) is 5.75 Å². The van der Waals surface area contributed by atoms with Crippen molar-refractivity contribution in [1.29, 1.82) is 0 Å². The van der Waals surface area contributed by atoms with Crippen LogP contribution in [-0.2, 0) is 16.6 Å². The number of rotatable bonds is 5. The first-order valence-electron chi connectivity index (χ1n) is 7.34. The lowest BCUT2D eigenvalue weighted by Gasteiger charge is -2.10. The smallest absolute Gasteiger partial charge is 0.406 e. The second-order valence-corrected chi connectivity index (χ2v) is 8.38. The summed E-state index contributed by atoms with van der Waals surface area (Å²) in [4.78, 5) is 4.34. The molecule has 2 aromatic carbocycles. The fraction of sp³-hybridized carbons (Fsp3) is 0.188. The van der Waals surface area contributed by atoms with Gasteiger partial charge in [-0.25, -0.2) is 18.1 Å². The van der Waals surface area contributed by atoms with E-state index in [9.17, 15) is 21.6 Å². The molecular formula is C16H13F3N2O3S2. The molecule has 0 saturated heterocycles. The number of hydrogen-bond donors (Lipinski definition) is 1. The Balaban J connectivity index is 1.71. The summed E-state index contributed by atoms with van der Waals surface area (Å²) < 4.78 is 68.3. The van der Waals surface area contributed by atoms with Crippen molar-refractivity contribution < 1.29 is 26.3 Å². The summed E-state index contributed by atoms with van der Waals surface area (Å²) >= 11 is 1.47. The zero-order valence-corrected chi connectivity index (χ0v) is 15.0. The minimum Gasteiger partial charge on any atom is -0.406 e. The summed E-state index contributed by atoms with van der Waals surface area (Å²) in [6.07, 6.45) is -4.77. The first-order chi connectivity index (χ1) is 12.1. The minimum atomic E-state index is -4.77. The Bertz CT molecular complexity index is 1030. The predicted molar refractivity (Wildman–Crippen MR) is 91.5 cm³/mol. The molecule has 0 bridgehead atoms. The highest BCUT2D eigenvalue weighted by Crippen LogP contribution is 2.25. The predicted octanol–water partition coefficient (Wildman–Crippen LogP) is 3.98. The van der Waals surface area contributed by atoms with Gasteiger partial charge in [-0.3, -0.25) is 0 Å². The van der Waals surface area contributed by atoms with E-state index in [0.717, 1.165) is 21.8 Å². The van der Waals surface area contributed by atoms with Crippen molar-refractivity contribution >= 4 is 31.6 Å². The van der Waals surface area contributed by atoms with Gasteiger partial charge in [-0.15, -0.1) is 24.5 Å².